The lowest BCUT2D eigenvalue weighted by Gasteiger charge is -2.35. The van der Waals surface area contributed by atoms with E-state index in [0.29, 0.717) is 0 Å². The predicted molar refractivity (Wildman–Crippen MR) is 89.5 cm³/mol. The van der Waals surface area contributed by atoms with Crippen LogP contribution in [0.2, 0.25) is 0 Å². The molecular weight excluding hydrogens is 258 g/mol. The zero-order valence-electron chi connectivity index (χ0n) is 14.4. The van der Waals surface area contributed by atoms with E-state index in [4.69, 9.17) is 5.10 Å². The fourth-order valence-electron chi connectivity index (χ4n) is 3.80. The lowest BCUT2D eigenvalue weighted by molar-refractivity contribution is 0.182. The van der Waals surface area contributed by atoms with E-state index in [1.165, 1.54) is 43.6 Å². The molecule has 1 heterocycles. The lowest BCUT2D eigenvalue weighted by atomic mass is 9.72. The molecular formula is C18H33N3. The quantitative estimate of drug-likeness (QED) is 0.830. The molecule has 1 aromatic rings. The summed E-state index contributed by atoms with van der Waals surface area (Å²) in [7, 11) is 0. The molecule has 1 aromatic heterocycles. The molecule has 0 bridgehead atoms. The van der Waals surface area contributed by atoms with Crippen molar-refractivity contribution in [1.29, 1.82) is 0 Å². The molecule has 0 radical (unpaired) electrons. The molecule has 21 heavy (non-hydrogen) atoms. The van der Waals surface area contributed by atoms with Crippen molar-refractivity contribution < 1.29 is 0 Å². The number of aryl methyl sites for hydroxylation is 2. The molecule has 0 spiro atoms. The van der Waals surface area contributed by atoms with Crippen molar-refractivity contribution in [3.63, 3.8) is 0 Å². The Morgan fingerprint density at radius 3 is 2.71 bits per heavy atom. The topological polar surface area (TPSA) is 29.9 Å². The summed E-state index contributed by atoms with van der Waals surface area (Å²) in [6, 6.07) is 2.34. The highest BCUT2D eigenvalue weighted by Crippen LogP contribution is 2.35. The molecule has 1 aliphatic carbocycles. The Bertz CT molecular complexity index is 422. The van der Waals surface area contributed by atoms with Gasteiger partial charge < -0.3 is 5.32 Å². The van der Waals surface area contributed by atoms with Gasteiger partial charge in [0.2, 0.25) is 0 Å². The van der Waals surface area contributed by atoms with Gasteiger partial charge in [0, 0.05) is 12.2 Å². The minimum Gasteiger partial charge on any atom is -0.317 e. The standard InChI is InChI=1S/C18H33N3/c1-5-17-12-18(21(7-3)20-17)11-16-10-14(4)8-9-15(16)13-19-6-2/h12,14-16,19H,5-11,13H2,1-4H3. The van der Waals surface area contributed by atoms with Crippen LogP contribution in [0.15, 0.2) is 6.07 Å². The van der Waals surface area contributed by atoms with Crippen LogP contribution >= 0.6 is 0 Å². The van der Waals surface area contributed by atoms with E-state index in [0.717, 1.165) is 37.3 Å². The van der Waals surface area contributed by atoms with Crippen LogP contribution in [0.25, 0.3) is 0 Å². The zero-order chi connectivity index (χ0) is 15.2. The Labute approximate surface area is 130 Å². The van der Waals surface area contributed by atoms with Gasteiger partial charge in [0.05, 0.1) is 5.69 Å². The summed E-state index contributed by atoms with van der Waals surface area (Å²) in [6.07, 6.45) is 6.43. The predicted octanol–water partition coefficient (Wildman–Crippen LogP) is 3.67. The van der Waals surface area contributed by atoms with E-state index in [1.54, 1.807) is 0 Å². The van der Waals surface area contributed by atoms with Crippen LogP contribution in [0.5, 0.6) is 0 Å². The van der Waals surface area contributed by atoms with Crippen LogP contribution < -0.4 is 5.32 Å². The first-order chi connectivity index (χ1) is 10.2. The maximum atomic E-state index is 4.72. The minimum absolute atomic E-state index is 0.819. The van der Waals surface area contributed by atoms with Crippen molar-refractivity contribution in [2.45, 2.75) is 66.3 Å². The summed E-state index contributed by atoms with van der Waals surface area (Å²) < 4.78 is 2.22. The van der Waals surface area contributed by atoms with Gasteiger partial charge in [0.1, 0.15) is 0 Å². The second-order valence-electron chi connectivity index (χ2n) is 6.75. The Kier molecular flexibility index (Phi) is 6.28. The fraction of sp³-hybridized carbons (Fsp3) is 0.833. The Hall–Kier alpha value is -0.830. The number of hydrogen-bond acceptors (Lipinski definition) is 2. The molecule has 3 atom stereocenters. The summed E-state index contributed by atoms with van der Waals surface area (Å²) in [4.78, 5) is 0. The molecule has 1 N–H and O–H groups in total. The van der Waals surface area contributed by atoms with Gasteiger partial charge in [0.25, 0.3) is 0 Å². The minimum atomic E-state index is 0.819. The number of aromatic nitrogens is 2. The van der Waals surface area contributed by atoms with E-state index in [-0.39, 0.29) is 0 Å². The maximum absolute atomic E-state index is 4.72. The molecule has 0 amide bonds. The molecule has 2 rings (SSSR count). The van der Waals surface area contributed by atoms with Gasteiger partial charge in [-0.3, -0.25) is 4.68 Å². The van der Waals surface area contributed by atoms with Crippen LogP contribution in [0, 0.1) is 17.8 Å². The number of nitrogens with zero attached hydrogens (tertiary/aromatic N) is 2. The van der Waals surface area contributed by atoms with Crippen LogP contribution in [-0.4, -0.2) is 22.9 Å². The third kappa shape index (κ3) is 4.32. The van der Waals surface area contributed by atoms with Crippen molar-refractivity contribution in [3.05, 3.63) is 17.5 Å². The monoisotopic (exact) mass is 291 g/mol. The van der Waals surface area contributed by atoms with Gasteiger partial charge in [-0.05, 0) is 69.5 Å². The lowest BCUT2D eigenvalue weighted by Crippen LogP contribution is -2.34. The zero-order valence-corrected chi connectivity index (χ0v) is 14.4. The molecule has 1 aliphatic rings. The molecule has 0 aromatic carbocycles. The summed E-state index contributed by atoms with van der Waals surface area (Å²) in [5, 5.41) is 8.29. The smallest absolute Gasteiger partial charge is 0.0624 e. The van der Waals surface area contributed by atoms with Gasteiger partial charge in [-0.2, -0.15) is 5.10 Å². The summed E-state index contributed by atoms with van der Waals surface area (Å²) >= 11 is 0. The van der Waals surface area contributed by atoms with Gasteiger partial charge in [-0.15, -0.1) is 0 Å². The molecule has 1 fully saturated rings. The highest BCUT2D eigenvalue weighted by atomic mass is 15.3. The molecule has 3 nitrogen and oxygen atoms in total. The first-order valence-electron chi connectivity index (χ1n) is 8.94. The Morgan fingerprint density at radius 1 is 1.24 bits per heavy atom. The van der Waals surface area contributed by atoms with Crippen LogP contribution in [0.4, 0.5) is 0 Å². The molecule has 120 valence electrons. The summed E-state index contributed by atoms with van der Waals surface area (Å²) in [5.74, 6) is 2.54. The SMILES string of the molecule is CCNCC1CCC(C)CC1Cc1cc(CC)nn1CC. The third-order valence-electron chi connectivity index (χ3n) is 5.11. The molecule has 1 saturated carbocycles. The van der Waals surface area contributed by atoms with Gasteiger partial charge in [0.15, 0.2) is 0 Å². The van der Waals surface area contributed by atoms with Crippen molar-refractivity contribution >= 4 is 0 Å². The van der Waals surface area contributed by atoms with Crippen molar-refractivity contribution in [2.75, 3.05) is 13.1 Å². The van der Waals surface area contributed by atoms with Crippen LogP contribution in [0.3, 0.4) is 0 Å². The average Bonchev–Trinajstić information content (AvgIpc) is 2.88. The van der Waals surface area contributed by atoms with Gasteiger partial charge >= 0.3 is 0 Å². The fourth-order valence-corrected chi connectivity index (χ4v) is 3.80. The average molecular weight is 291 g/mol. The third-order valence-corrected chi connectivity index (χ3v) is 5.11. The normalized spacial score (nSPS) is 26.2. The van der Waals surface area contributed by atoms with Gasteiger partial charge in [-0.25, -0.2) is 0 Å². The van der Waals surface area contributed by atoms with Gasteiger partial charge in [-0.1, -0.05) is 27.2 Å². The summed E-state index contributed by atoms with van der Waals surface area (Å²) in [6.45, 7) is 12.3. The molecule has 3 heteroatoms. The van der Waals surface area contributed by atoms with Crippen LogP contribution in [0.1, 0.15) is 58.3 Å². The maximum Gasteiger partial charge on any atom is 0.0624 e. The summed E-state index contributed by atoms with van der Waals surface area (Å²) in [5.41, 5.74) is 2.70. The highest BCUT2D eigenvalue weighted by Gasteiger charge is 2.29. The van der Waals surface area contributed by atoms with E-state index in [2.05, 4.69) is 43.8 Å². The van der Waals surface area contributed by atoms with E-state index >= 15 is 0 Å². The first-order valence-corrected chi connectivity index (χ1v) is 8.94. The van der Waals surface area contributed by atoms with Crippen molar-refractivity contribution in [2.24, 2.45) is 17.8 Å². The second-order valence-corrected chi connectivity index (χ2v) is 6.75. The number of rotatable bonds is 7. The number of hydrogen-bond donors (Lipinski definition) is 1. The van der Waals surface area contributed by atoms with Crippen molar-refractivity contribution in [1.82, 2.24) is 15.1 Å². The van der Waals surface area contributed by atoms with Crippen LogP contribution in [-0.2, 0) is 19.4 Å². The first kappa shape index (κ1) is 16.5. The highest BCUT2D eigenvalue weighted by molar-refractivity contribution is 5.12. The molecule has 0 saturated heterocycles. The molecule has 3 unspecified atom stereocenters. The molecule has 0 aliphatic heterocycles. The number of nitrogens with one attached hydrogen (secondary N) is 1. The van der Waals surface area contributed by atoms with E-state index in [9.17, 15) is 0 Å². The van der Waals surface area contributed by atoms with E-state index in [1.807, 2.05) is 0 Å². The van der Waals surface area contributed by atoms with Crippen molar-refractivity contribution in [3.8, 4) is 0 Å². The largest absolute Gasteiger partial charge is 0.317 e. The van der Waals surface area contributed by atoms with E-state index < -0.39 is 0 Å². The Morgan fingerprint density at radius 2 is 2.05 bits per heavy atom. The Balaban J connectivity index is 2.07. The second kappa shape index (κ2) is 7.98.